The fraction of sp³-hybridized carbons (Fsp3) is 0.385. The highest BCUT2D eigenvalue weighted by Crippen LogP contribution is 2.26. The first-order valence-corrected chi connectivity index (χ1v) is 6.05. The molecule has 1 aromatic rings. The highest BCUT2D eigenvalue weighted by molar-refractivity contribution is 6.01. The van der Waals surface area contributed by atoms with Crippen LogP contribution in [0.2, 0.25) is 0 Å². The van der Waals surface area contributed by atoms with Gasteiger partial charge >= 0.3 is 5.97 Å². The fourth-order valence-corrected chi connectivity index (χ4v) is 2.10. The number of carbonyl (C=O) groups is 2. The minimum absolute atomic E-state index is 0.252. The number of nitrogens with zero attached hydrogens (tertiary/aromatic N) is 1. The number of nitrogens with two attached hydrogens (primary N) is 1. The van der Waals surface area contributed by atoms with Crippen molar-refractivity contribution >= 4 is 23.3 Å². The molecule has 1 unspecified atom stereocenters. The van der Waals surface area contributed by atoms with Crippen LogP contribution in [-0.4, -0.2) is 36.7 Å². The number of para-hydroxylation sites is 2. The van der Waals surface area contributed by atoms with Crippen LogP contribution < -0.4 is 10.6 Å². The molecule has 19 heavy (non-hydrogen) atoms. The number of nitrogen functional groups attached to an aromatic ring is 1. The molecule has 0 aliphatic carbocycles. The first-order valence-electron chi connectivity index (χ1n) is 6.05. The Morgan fingerprint density at radius 1 is 1.42 bits per heavy atom. The zero-order valence-electron chi connectivity index (χ0n) is 10.4. The van der Waals surface area contributed by atoms with Crippen molar-refractivity contribution in [1.82, 2.24) is 0 Å². The number of hydrogen-bond acceptors (Lipinski definition) is 4. The van der Waals surface area contributed by atoms with E-state index in [1.165, 1.54) is 4.90 Å². The Bertz CT molecular complexity index is 483. The molecule has 1 saturated heterocycles. The van der Waals surface area contributed by atoms with Gasteiger partial charge in [-0.05, 0) is 18.6 Å². The maximum atomic E-state index is 12.4. The van der Waals surface area contributed by atoms with Crippen LogP contribution in [0.1, 0.15) is 6.42 Å². The van der Waals surface area contributed by atoms with Crippen molar-refractivity contribution in [2.75, 3.05) is 30.4 Å². The molecule has 0 saturated carbocycles. The van der Waals surface area contributed by atoms with Crippen LogP contribution in [0.3, 0.4) is 0 Å². The molecule has 1 amide bonds. The van der Waals surface area contributed by atoms with Gasteiger partial charge in [0.2, 0.25) is 5.91 Å². The van der Waals surface area contributed by atoms with Gasteiger partial charge in [0, 0.05) is 6.61 Å². The van der Waals surface area contributed by atoms with Crippen LogP contribution in [0, 0.1) is 5.92 Å². The molecule has 6 heteroatoms. The summed E-state index contributed by atoms with van der Waals surface area (Å²) in [6.45, 7) is 0.465. The molecule has 1 aliphatic rings. The molecule has 0 spiro atoms. The summed E-state index contributed by atoms with van der Waals surface area (Å²) >= 11 is 0. The van der Waals surface area contributed by atoms with E-state index in [0.29, 0.717) is 31.0 Å². The lowest BCUT2D eigenvalue weighted by atomic mass is 10.1. The Morgan fingerprint density at radius 3 is 2.74 bits per heavy atom. The van der Waals surface area contributed by atoms with Crippen LogP contribution in [0.15, 0.2) is 24.3 Å². The van der Waals surface area contributed by atoms with E-state index in [4.69, 9.17) is 15.6 Å². The van der Waals surface area contributed by atoms with E-state index in [1.807, 2.05) is 0 Å². The Kier molecular flexibility index (Phi) is 4.01. The number of carbonyl (C=O) groups excluding carboxylic acids is 1. The summed E-state index contributed by atoms with van der Waals surface area (Å²) in [5, 5.41) is 8.96. The molecule has 1 fully saturated rings. The maximum absolute atomic E-state index is 12.4. The van der Waals surface area contributed by atoms with Gasteiger partial charge in [-0.25, -0.2) is 0 Å². The zero-order chi connectivity index (χ0) is 13.8. The average molecular weight is 264 g/mol. The second-order valence-corrected chi connectivity index (χ2v) is 4.44. The number of rotatable bonds is 4. The van der Waals surface area contributed by atoms with Gasteiger partial charge in [0.25, 0.3) is 0 Å². The van der Waals surface area contributed by atoms with Gasteiger partial charge in [-0.1, -0.05) is 12.1 Å². The first kappa shape index (κ1) is 13.4. The number of ether oxygens (including phenoxy) is 1. The van der Waals surface area contributed by atoms with Crippen LogP contribution >= 0.6 is 0 Å². The lowest BCUT2D eigenvalue weighted by Gasteiger charge is -2.24. The van der Waals surface area contributed by atoms with Gasteiger partial charge < -0.3 is 15.6 Å². The van der Waals surface area contributed by atoms with Crippen LogP contribution in [-0.2, 0) is 14.3 Å². The summed E-state index contributed by atoms with van der Waals surface area (Å²) < 4.78 is 5.17. The second-order valence-electron chi connectivity index (χ2n) is 4.44. The van der Waals surface area contributed by atoms with E-state index in [2.05, 4.69) is 0 Å². The number of amides is 1. The minimum atomic E-state index is -1.07. The minimum Gasteiger partial charge on any atom is -0.480 e. The molecule has 6 nitrogen and oxygen atoms in total. The molecular formula is C13H16N2O4. The fourth-order valence-electron chi connectivity index (χ4n) is 2.10. The molecule has 1 atom stereocenters. The molecule has 0 radical (unpaired) electrons. The third-order valence-electron chi connectivity index (χ3n) is 3.07. The van der Waals surface area contributed by atoms with E-state index in [9.17, 15) is 9.59 Å². The largest absolute Gasteiger partial charge is 0.480 e. The van der Waals surface area contributed by atoms with E-state index in [1.54, 1.807) is 24.3 Å². The summed E-state index contributed by atoms with van der Waals surface area (Å²) in [5.74, 6) is -1.62. The number of carboxylic acid groups (broad SMARTS) is 1. The van der Waals surface area contributed by atoms with Crippen molar-refractivity contribution in [2.45, 2.75) is 6.42 Å². The normalized spacial score (nSPS) is 18.2. The molecule has 1 aromatic carbocycles. The summed E-state index contributed by atoms with van der Waals surface area (Å²) in [6.07, 6.45) is 0.613. The van der Waals surface area contributed by atoms with E-state index >= 15 is 0 Å². The van der Waals surface area contributed by atoms with Crippen molar-refractivity contribution in [1.29, 1.82) is 0 Å². The lowest BCUT2D eigenvalue weighted by Crippen LogP contribution is -2.40. The smallest absolute Gasteiger partial charge is 0.323 e. The Hall–Kier alpha value is -2.08. The average Bonchev–Trinajstić information content (AvgIpc) is 2.90. The van der Waals surface area contributed by atoms with Crippen molar-refractivity contribution < 1.29 is 19.4 Å². The molecule has 0 aromatic heterocycles. The quantitative estimate of drug-likeness (QED) is 0.782. The first-order chi connectivity index (χ1) is 9.09. The molecule has 3 N–H and O–H groups in total. The molecule has 1 heterocycles. The number of benzene rings is 1. The number of anilines is 2. The van der Waals surface area contributed by atoms with Gasteiger partial charge in [-0.15, -0.1) is 0 Å². The third kappa shape index (κ3) is 3.03. The van der Waals surface area contributed by atoms with Gasteiger partial charge in [0.1, 0.15) is 6.54 Å². The second kappa shape index (κ2) is 5.71. The van der Waals surface area contributed by atoms with Crippen molar-refractivity contribution in [3.8, 4) is 0 Å². The van der Waals surface area contributed by atoms with Crippen molar-refractivity contribution in [2.24, 2.45) is 5.92 Å². The Morgan fingerprint density at radius 2 is 2.16 bits per heavy atom. The van der Waals surface area contributed by atoms with E-state index in [0.717, 1.165) is 0 Å². The highest BCUT2D eigenvalue weighted by atomic mass is 16.5. The summed E-state index contributed by atoms with van der Waals surface area (Å²) in [7, 11) is 0. The Labute approximate surface area is 110 Å². The molecular weight excluding hydrogens is 248 g/mol. The predicted octanol–water partition coefficient (Wildman–Crippen LogP) is 0.723. The number of carboxylic acids is 1. The Balaban J connectivity index is 2.27. The number of hydrogen-bond donors (Lipinski definition) is 2. The molecule has 1 aliphatic heterocycles. The monoisotopic (exact) mass is 264 g/mol. The zero-order valence-corrected chi connectivity index (χ0v) is 10.4. The molecule has 102 valence electrons. The summed E-state index contributed by atoms with van der Waals surface area (Å²) in [4.78, 5) is 24.5. The van der Waals surface area contributed by atoms with Gasteiger partial charge in [0.15, 0.2) is 0 Å². The van der Waals surface area contributed by atoms with Crippen molar-refractivity contribution in [3.05, 3.63) is 24.3 Å². The van der Waals surface area contributed by atoms with Crippen LogP contribution in [0.5, 0.6) is 0 Å². The summed E-state index contributed by atoms with van der Waals surface area (Å²) in [6, 6.07) is 6.74. The van der Waals surface area contributed by atoms with E-state index < -0.39 is 12.5 Å². The van der Waals surface area contributed by atoms with Crippen LogP contribution in [0.4, 0.5) is 11.4 Å². The SMILES string of the molecule is Nc1ccccc1N(CC(=O)O)C(=O)C1CCOC1. The lowest BCUT2D eigenvalue weighted by molar-refractivity contribution is -0.137. The highest BCUT2D eigenvalue weighted by Gasteiger charge is 2.30. The summed E-state index contributed by atoms with van der Waals surface area (Å²) in [5.41, 5.74) is 6.63. The number of aliphatic carboxylic acids is 1. The van der Waals surface area contributed by atoms with Gasteiger partial charge in [-0.3, -0.25) is 14.5 Å². The van der Waals surface area contributed by atoms with Crippen LogP contribution in [0.25, 0.3) is 0 Å². The van der Waals surface area contributed by atoms with Gasteiger partial charge in [-0.2, -0.15) is 0 Å². The van der Waals surface area contributed by atoms with Crippen molar-refractivity contribution in [3.63, 3.8) is 0 Å². The predicted molar refractivity (Wildman–Crippen MR) is 69.8 cm³/mol. The van der Waals surface area contributed by atoms with E-state index in [-0.39, 0.29) is 11.8 Å². The maximum Gasteiger partial charge on any atom is 0.323 e. The third-order valence-corrected chi connectivity index (χ3v) is 3.07. The molecule has 0 bridgehead atoms. The van der Waals surface area contributed by atoms with Gasteiger partial charge in [0.05, 0.1) is 23.9 Å². The standard InChI is InChI=1S/C13H16N2O4/c14-10-3-1-2-4-11(10)15(7-12(16)17)13(18)9-5-6-19-8-9/h1-4,9H,5-8,14H2,(H,16,17). The molecule has 2 rings (SSSR count). The topological polar surface area (TPSA) is 92.9 Å².